The summed E-state index contributed by atoms with van der Waals surface area (Å²) < 4.78 is 11.1. The molecule has 2 nitrogen and oxygen atoms in total. The van der Waals surface area contributed by atoms with Gasteiger partial charge in [-0.25, -0.2) is 0 Å². The van der Waals surface area contributed by atoms with Crippen molar-refractivity contribution < 1.29 is 9.47 Å². The second-order valence-electron chi connectivity index (χ2n) is 5.94. The third-order valence-corrected chi connectivity index (χ3v) is 4.95. The molecule has 0 saturated carbocycles. The Labute approximate surface area is 160 Å². The first kappa shape index (κ1) is 18.3. The van der Waals surface area contributed by atoms with Crippen LogP contribution in [0.2, 0.25) is 0 Å². The molecule has 0 bridgehead atoms. The summed E-state index contributed by atoms with van der Waals surface area (Å²) in [5, 5.41) is 0. The molecular formula is C23H23ClO2. The number of hydrogen-bond donors (Lipinski definition) is 0. The molecule has 0 aliphatic rings. The van der Waals surface area contributed by atoms with Crippen molar-refractivity contribution >= 4 is 11.6 Å². The van der Waals surface area contributed by atoms with Crippen molar-refractivity contribution in [3.8, 4) is 11.5 Å². The molecule has 0 saturated heterocycles. The van der Waals surface area contributed by atoms with Gasteiger partial charge in [0.2, 0.25) is 0 Å². The van der Waals surface area contributed by atoms with Crippen molar-refractivity contribution in [2.75, 3.05) is 13.2 Å². The van der Waals surface area contributed by atoms with Gasteiger partial charge in [0.1, 0.15) is 16.4 Å². The van der Waals surface area contributed by atoms with Crippen molar-refractivity contribution in [2.24, 2.45) is 0 Å². The summed E-state index contributed by atoms with van der Waals surface area (Å²) in [4.78, 5) is -0.781. The van der Waals surface area contributed by atoms with Crippen LogP contribution in [0, 0.1) is 0 Å². The highest BCUT2D eigenvalue weighted by Crippen LogP contribution is 2.43. The smallest absolute Gasteiger partial charge is 0.119 e. The molecule has 0 heterocycles. The number of ether oxygens (including phenoxy) is 2. The van der Waals surface area contributed by atoms with Crippen molar-refractivity contribution in [1.29, 1.82) is 0 Å². The lowest BCUT2D eigenvalue weighted by Gasteiger charge is -2.29. The quantitative estimate of drug-likeness (QED) is 0.376. The fourth-order valence-corrected chi connectivity index (χ4v) is 3.44. The summed E-state index contributed by atoms with van der Waals surface area (Å²) in [5.74, 6) is 1.69. The number of halogens is 1. The zero-order valence-electron chi connectivity index (χ0n) is 15.1. The van der Waals surface area contributed by atoms with Gasteiger partial charge < -0.3 is 9.47 Å². The van der Waals surface area contributed by atoms with Gasteiger partial charge in [0.15, 0.2) is 0 Å². The lowest BCUT2D eigenvalue weighted by Crippen LogP contribution is -2.22. The summed E-state index contributed by atoms with van der Waals surface area (Å²) in [6.45, 7) is 5.24. The highest BCUT2D eigenvalue weighted by molar-refractivity contribution is 6.28. The third-order valence-electron chi connectivity index (χ3n) is 4.30. The van der Waals surface area contributed by atoms with Crippen LogP contribution in [0.5, 0.6) is 11.5 Å². The van der Waals surface area contributed by atoms with Crippen LogP contribution in [0.1, 0.15) is 30.5 Å². The zero-order valence-corrected chi connectivity index (χ0v) is 15.9. The Morgan fingerprint density at radius 1 is 0.615 bits per heavy atom. The van der Waals surface area contributed by atoms with E-state index in [0.29, 0.717) is 13.2 Å². The van der Waals surface area contributed by atoms with Crippen LogP contribution < -0.4 is 9.47 Å². The van der Waals surface area contributed by atoms with E-state index in [9.17, 15) is 0 Å². The maximum atomic E-state index is 7.29. The van der Waals surface area contributed by atoms with Crippen molar-refractivity contribution in [1.82, 2.24) is 0 Å². The first-order chi connectivity index (χ1) is 12.7. The Kier molecular flexibility index (Phi) is 5.85. The molecule has 0 radical (unpaired) electrons. The fourth-order valence-electron chi connectivity index (χ4n) is 3.06. The molecule has 3 aromatic carbocycles. The summed E-state index contributed by atoms with van der Waals surface area (Å²) >= 11 is 7.29. The van der Waals surface area contributed by atoms with Crippen molar-refractivity contribution in [2.45, 2.75) is 18.7 Å². The summed E-state index contributed by atoms with van der Waals surface area (Å²) in [7, 11) is 0. The minimum Gasteiger partial charge on any atom is -0.494 e. The SMILES string of the molecule is CCOc1ccc(C(Cl)(c2ccccc2)c2ccc(OCC)cc2)cc1. The van der Waals surface area contributed by atoms with Gasteiger partial charge in [-0.15, -0.1) is 11.6 Å². The summed E-state index contributed by atoms with van der Waals surface area (Å²) in [6, 6.07) is 26.1. The van der Waals surface area contributed by atoms with Crippen LogP contribution in [0.15, 0.2) is 78.9 Å². The standard InChI is InChI=1S/C23H23ClO2/c1-3-25-21-14-10-19(11-15-21)23(24,18-8-6-5-7-9-18)20-12-16-22(17-13-20)26-4-2/h5-17H,3-4H2,1-2H3. The van der Waals surface area contributed by atoms with Crippen LogP contribution in [0.25, 0.3) is 0 Å². The minimum atomic E-state index is -0.781. The van der Waals surface area contributed by atoms with Crippen LogP contribution in [0.4, 0.5) is 0 Å². The lowest BCUT2D eigenvalue weighted by atomic mass is 9.84. The average molecular weight is 367 g/mol. The van der Waals surface area contributed by atoms with Crippen molar-refractivity contribution in [3.63, 3.8) is 0 Å². The molecule has 0 unspecified atom stereocenters. The molecular weight excluding hydrogens is 344 g/mol. The van der Waals surface area contributed by atoms with Gasteiger partial charge in [-0.1, -0.05) is 54.6 Å². The van der Waals surface area contributed by atoms with Gasteiger partial charge in [0.25, 0.3) is 0 Å². The van der Waals surface area contributed by atoms with Gasteiger partial charge in [-0.2, -0.15) is 0 Å². The molecule has 134 valence electrons. The number of hydrogen-bond acceptors (Lipinski definition) is 2. The van der Waals surface area contributed by atoms with E-state index < -0.39 is 4.87 Å². The predicted molar refractivity (Wildman–Crippen MR) is 107 cm³/mol. The molecule has 3 rings (SSSR count). The van der Waals surface area contributed by atoms with Crippen LogP contribution >= 0.6 is 11.6 Å². The molecule has 0 aliphatic carbocycles. The molecule has 0 atom stereocenters. The normalized spacial score (nSPS) is 11.2. The molecule has 0 aromatic heterocycles. The largest absolute Gasteiger partial charge is 0.494 e. The van der Waals surface area contributed by atoms with Gasteiger partial charge in [-0.05, 0) is 54.8 Å². The Morgan fingerprint density at radius 3 is 1.38 bits per heavy atom. The fraction of sp³-hybridized carbons (Fsp3) is 0.217. The Balaban J connectivity index is 2.07. The van der Waals surface area contributed by atoms with E-state index in [1.807, 2.05) is 80.6 Å². The van der Waals surface area contributed by atoms with E-state index in [0.717, 1.165) is 28.2 Å². The van der Waals surface area contributed by atoms with Gasteiger partial charge in [0.05, 0.1) is 13.2 Å². The first-order valence-corrected chi connectivity index (χ1v) is 9.27. The van der Waals surface area contributed by atoms with E-state index in [4.69, 9.17) is 21.1 Å². The Hall–Kier alpha value is -2.45. The number of benzene rings is 3. The zero-order chi connectivity index (χ0) is 18.4. The van der Waals surface area contributed by atoms with Crippen LogP contribution in [-0.4, -0.2) is 13.2 Å². The number of rotatable bonds is 7. The van der Waals surface area contributed by atoms with E-state index in [1.165, 1.54) is 0 Å². The molecule has 0 fully saturated rings. The van der Waals surface area contributed by atoms with Gasteiger partial charge >= 0.3 is 0 Å². The Morgan fingerprint density at radius 2 is 1.00 bits per heavy atom. The molecule has 26 heavy (non-hydrogen) atoms. The molecule has 0 aliphatic heterocycles. The second kappa shape index (κ2) is 8.29. The molecule has 0 N–H and O–H groups in total. The number of alkyl halides is 1. The maximum Gasteiger partial charge on any atom is 0.119 e. The second-order valence-corrected chi connectivity index (χ2v) is 6.51. The Bertz CT molecular complexity index is 762. The van der Waals surface area contributed by atoms with Gasteiger partial charge in [0, 0.05) is 0 Å². The highest BCUT2D eigenvalue weighted by atomic mass is 35.5. The molecule has 0 spiro atoms. The lowest BCUT2D eigenvalue weighted by molar-refractivity contribution is 0.340. The van der Waals surface area contributed by atoms with Gasteiger partial charge in [-0.3, -0.25) is 0 Å². The summed E-state index contributed by atoms with van der Waals surface area (Å²) in [6.07, 6.45) is 0. The third kappa shape index (κ3) is 3.71. The predicted octanol–water partition coefficient (Wildman–Crippen LogP) is 6.01. The molecule has 3 heteroatoms. The molecule has 3 aromatic rings. The molecule has 0 amide bonds. The first-order valence-electron chi connectivity index (χ1n) is 8.89. The maximum absolute atomic E-state index is 7.29. The van der Waals surface area contributed by atoms with E-state index >= 15 is 0 Å². The van der Waals surface area contributed by atoms with E-state index in [-0.39, 0.29) is 0 Å². The van der Waals surface area contributed by atoms with E-state index in [1.54, 1.807) is 0 Å². The van der Waals surface area contributed by atoms with Crippen molar-refractivity contribution in [3.05, 3.63) is 95.6 Å². The van der Waals surface area contributed by atoms with Crippen LogP contribution in [-0.2, 0) is 4.87 Å². The minimum absolute atomic E-state index is 0.642. The average Bonchev–Trinajstić information content (AvgIpc) is 2.70. The summed E-state index contributed by atoms with van der Waals surface area (Å²) in [5.41, 5.74) is 3.02. The topological polar surface area (TPSA) is 18.5 Å². The monoisotopic (exact) mass is 366 g/mol. The van der Waals surface area contributed by atoms with Crippen LogP contribution in [0.3, 0.4) is 0 Å². The highest BCUT2D eigenvalue weighted by Gasteiger charge is 2.34. The van der Waals surface area contributed by atoms with E-state index in [2.05, 4.69) is 12.1 Å².